The summed E-state index contributed by atoms with van der Waals surface area (Å²) in [5.41, 5.74) is 13.6. The van der Waals surface area contributed by atoms with Crippen molar-refractivity contribution in [2.75, 3.05) is 9.80 Å². The summed E-state index contributed by atoms with van der Waals surface area (Å²) < 4.78 is 14.6. The number of hydrogen-bond donors (Lipinski definition) is 0. The first-order valence-electron chi connectivity index (χ1n) is 22.5. The Bertz CT molecular complexity index is 3900. The highest BCUT2D eigenvalue weighted by molar-refractivity contribution is 6.99. The lowest BCUT2D eigenvalue weighted by atomic mass is 9.37. The number of hydrogen-bond acceptors (Lipinski definition) is 4. The molecule has 0 atom stereocenters. The molecule has 0 saturated carbocycles. The van der Waals surface area contributed by atoms with Gasteiger partial charge in [0.05, 0.1) is 22.7 Å². The van der Waals surface area contributed by atoms with Crippen molar-refractivity contribution in [2.24, 2.45) is 0 Å². The SMILES string of the molecule is Cc1ccc2oc3c(c2c1)N(c1cccc2c4ccccc4c4ccccc4c12)c1cccc2c1B3c1oc3ccc(C)cc3c1N2c1cccc2c3ccccc3c3ccccc3c12. The Balaban J connectivity index is 1.12. The predicted molar refractivity (Wildman–Crippen MR) is 275 cm³/mol. The molecule has 0 unspecified atom stereocenters. The van der Waals surface area contributed by atoms with Gasteiger partial charge < -0.3 is 18.6 Å². The van der Waals surface area contributed by atoms with Crippen molar-refractivity contribution < 1.29 is 8.83 Å². The zero-order valence-corrected chi connectivity index (χ0v) is 35.7. The molecule has 4 nitrogen and oxygen atoms in total. The first-order valence-corrected chi connectivity index (χ1v) is 22.5. The maximum atomic E-state index is 7.29. The van der Waals surface area contributed by atoms with Gasteiger partial charge >= 0.3 is 6.71 Å². The molecule has 0 aliphatic carbocycles. The van der Waals surface area contributed by atoms with Gasteiger partial charge in [0.1, 0.15) is 22.5 Å². The van der Waals surface area contributed by atoms with Crippen molar-refractivity contribution in [1.29, 1.82) is 0 Å². The van der Waals surface area contributed by atoms with E-state index in [9.17, 15) is 0 Å². The molecule has 0 fully saturated rings. The van der Waals surface area contributed by atoms with Crippen LogP contribution in [0.25, 0.3) is 86.6 Å². The monoisotopic (exact) mass is 828 g/mol. The highest BCUT2D eigenvalue weighted by Gasteiger charge is 2.50. The molecule has 2 aliphatic rings. The highest BCUT2D eigenvalue weighted by Crippen LogP contribution is 2.53. The van der Waals surface area contributed by atoms with Crippen LogP contribution in [0.2, 0.25) is 0 Å². The Morgan fingerprint density at radius 3 is 1.05 bits per heavy atom. The third-order valence-electron chi connectivity index (χ3n) is 14.5. The van der Waals surface area contributed by atoms with E-state index in [4.69, 9.17) is 8.83 Å². The van der Waals surface area contributed by atoms with Gasteiger partial charge in [-0.3, -0.25) is 0 Å². The van der Waals surface area contributed by atoms with Gasteiger partial charge in [-0.25, -0.2) is 0 Å². The number of anilines is 6. The molecule has 11 aromatic carbocycles. The number of aryl methyl sites for hydroxylation is 2. The van der Waals surface area contributed by atoms with E-state index in [1.165, 1.54) is 75.8 Å². The normalized spacial score (nSPS) is 13.3. The van der Waals surface area contributed by atoms with Crippen LogP contribution >= 0.6 is 0 Å². The summed E-state index contributed by atoms with van der Waals surface area (Å²) in [6.45, 7) is 4.02. The van der Waals surface area contributed by atoms with Crippen molar-refractivity contribution in [2.45, 2.75) is 13.8 Å². The Morgan fingerprint density at radius 1 is 0.323 bits per heavy atom. The fourth-order valence-electron chi connectivity index (χ4n) is 11.9. The Kier molecular flexibility index (Phi) is 6.87. The summed E-state index contributed by atoms with van der Waals surface area (Å²) in [6, 6.07) is 69.2. The number of rotatable bonds is 2. The summed E-state index contributed by atoms with van der Waals surface area (Å²) in [5.74, 6) is 0. The van der Waals surface area contributed by atoms with E-state index in [0.29, 0.717) is 0 Å². The Morgan fingerprint density at radius 2 is 0.646 bits per heavy atom. The second kappa shape index (κ2) is 12.7. The van der Waals surface area contributed by atoms with Crippen LogP contribution in [0.4, 0.5) is 34.1 Å². The zero-order valence-electron chi connectivity index (χ0n) is 35.7. The van der Waals surface area contributed by atoms with E-state index in [1.54, 1.807) is 0 Å². The van der Waals surface area contributed by atoms with Crippen LogP contribution in [0.5, 0.6) is 0 Å². The maximum absolute atomic E-state index is 7.29. The van der Waals surface area contributed by atoms with Crippen LogP contribution in [0.3, 0.4) is 0 Å². The van der Waals surface area contributed by atoms with Gasteiger partial charge in [0, 0.05) is 32.9 Å². The first kappa shape index (κ1) is 35.2. The van der Waals surface area contributed by atoms with E-state index in [-0.39, 0.29) is 6.71 Å². The van der Waals surface area contributed by atoms with Crippen LogP contribution < -0.4 is 26.6 Å². The Labute approximate surface area is 374 Å². The van der Waals surface area contributed by atoms with Crippen LogP contribution in [-0.4, -0.2) is 6.71 Å². The molecule has 0 saturated heterocycles. The molecule has 2 aromatic heterocycles. The van der Waals surface area contributed by atoms with E-state index >= 15 is 0 Å². The standard InChI is InChI=1S/C60H37BN2O2/c1-34-28-30-52-46(32-34)57-59(64-52)61-56-50(62(57)48-24-11-22-44-40-16-5-3-14-36(40)38-18-7-9-20-42(38)54(44)48)26-13-27-51(56)63(58-47-33-35(2)29-31-53(47)65-60(58)61)49-25-12-23-45-41-17-6-4-15-37(41)39-19-8-10-21-43(39)55(45)49/h3-33H,1-2H3. The van der Waals surface area contributed by atoms with Crippen molar-refractivity contribution in [1.82, 2.24) is 0 Å². The van der Waals surface area contributed by atoms with Gasteiger partial charge in [-0.2, -0.15) is 0 Å². The molecule has 65 heavy (non-hydrogen) atoms. The van der Waals surface area contributed by atoms with Gasteiger partial charge in [-0.05, 0) is 122 Å². The van der Waals surface area contributed by atoms with Gasteiger partial charge in [-0.1, -0.05) is 151 Å². The minimum atomic E-state index is -0.320. The molecule has 302 valence electrons. The first-order chi connectivity index (χ1) is 32.1. The van der Waals surface area contributed by atoms with Crippen LogP contribution in [-0.2, 0) is 0 Å². The molecule has 13 aromatic rings. The molecule has 0 bridgehead atoms. The van der Waals surface area contributed by atoms with Crippen molar-refractivity contribution >= 4 is 144 Å². The summed E-state index contributed by atoms with van der Waals surface area (Å²) in [6.07, 6.45) is 0. The second-order valence-corrected chi connectivity index (χ2v) is 18.0. The number of furan rings is 2. The fourth-order valence-corrected chi connectivity index (χ4v) is 11.9. The lowest BCUT2D eigenvalue weighted by Gasteiger charge is -2.41. The lowest BCUT2D eigenvalue weighted by Crippen LogP contribution is -2.60. The van der Waals surface area contributed by atoms with E-state index < -0.39 is 0 Å². The van der Waals surface area contributed by atoms with Crippen molar-refractivity contribution in [3.05, 3.63) is 199 Å². The maximum Gasteiger partial charge on any atom is 0.342 e. The van der Waals surface area contributed by atoms with E-state index in [1.807, 2.05) is 0 Å². The summed E-state index contributed by atoms with van der Waals surface area (Å²) in [5, 5.41) is 17.0. The molecule has 4 heterocycles. The van der Waals surface area contributed by atoms with Gasteiger partial charge in [0.15, 0.2) is 0 Å². The molecule has 15 rings (SSSR count). The average molecular weight is 829 g/mol. The minimum absolute atomic E-state index is 0.320. The summed E-state index contributed by atoms with van der Waals surface area (Å²) >= 11 is 0. The fraction of sp³-hybridized carbons (Fsp3) is 0.0333. The number of nitrogens with zero attached hydrogens (tertiary/aromatic N) is 2. The quantitative estimate of drug-likeness (QED) is 0.128. The lowest BCUT2D eigenvalue weighted by molar-refractivity contribution is 0.637. The highest BCUT2D eigenvalue weighted by atomic mass is 16.3. The summed E-state index contributed by atoms with van der Waals surface area (Å²) in [4.78, 5) is 5.03. The van der Waals surface area contributed by atoms with Gasteiger partial charge in [0.25, 0.3) is 0 Å². The van der Waals surface area contributed by atoms with Crippen LogP contribution in [0.15, 0.2) is 197 Å². The van der Waals surface area contributed by atoms with Gasteiger partial charge in [0.2, 0.25) is 0 Å². The molecule has 0 N–H and O–H groups in total. The van der Waals surface area contributed by atoms with E-state index in [0.717, 1.165) is 72.8 Å². The molecule has 0 amide bonds. The van der Waals surface area contributed by atoms with Gasteiger partial charge in [-0.15, -0.1) is 0 Å². The van der Waals surface area contributed by atoms with Crippen LogP contribution in [0, 0.1) is 13.8 Å². The topological polar surface area (TPSA) is 32.8 Å². The minimum Gasteiger partial charge on any atom is -0.468 e. The molecule has 5 heteroatoms. The second-order valence-electron chi connectivity index (χ2n) is 18.0. The number of fused-ring (bicyclic) bond motifs is 20. The smallest absolute Gasteiger partial charge is 0.342 e. The zero-order chi connectivity index (χ0) is 42.7. The predicted octanol–water partition coefficient (Wildman–Crippen LogP) is 14.8. The molecule has 2 aliphatic heterocycles. The average Bonchev–Trinajstić information content (AvgIpc) is 3.92. The third kappa shape index (κ3) is 4.56. The molecular weight excluding hydrogens is 791 g/mol. The van der Waals surface area contributed by atoms with Crippen molar-refractivity contribution in [3.63, 3.8) is 0 Å². The molecular formula is C60H37BN2O2. The number of benzene rings is 11. The third-order valence-corrected chi connectivity index (χ3v) is 14.5. The van der Waals surface area contributed by atoms with E-state index in [2.05, 4.69) is 212 Å². The molecule has 0 spiro atoms. The largest absolute Gasteiger partial charge is 0.468 e. The summed E-state index contributed by atoms with van der Waals surface area (Å²) in [7, 11) is 0. The van der Waals surface area contributed by atoms with Crippen molar-refractivity contribution in [3.8, 4) is 0 Å². The van der Waals surface area contributed by atoms with Crippen LogP contribution in [0.1, 0.15) is 11.1 Å². The molecule has 0 radical (unpaired) electrons. The Hall–Kier alpha value is -8.28.